The van der Waals surface area contributed by atoms with Crippen molar-refractivity contribution in [1.29, 1.82) is 0 Å². The molecule has 0 spiro atoms. The molecular weight excluding hydrogens is 403 g/mol. The van der Waals surface area contributed by atoms with Crippen LogP contribution in [0.4, 0.5) is 15.8 Å². The van der Waals surface area contributed by atoms with Crippen LogP contribution in [-0.2, 0) is 4.79 Å². The third-order valence-electron chi connectivity index (χ3n) is 4.76. The molecule has 1 aliphatic rings. The van der Waals surface area contributed by atoms with E-state index in [1.54, 1.807) is 60.5 Å². The van der Waals surface area contributed by atoms with Crippen LogP contribution in [0.2, 0.25) is 0 Å². The Bertz CT molecular complexity index is 1070. The molecule has 1 fully saturated rings. The molecule has 30 heavy (non-hydrogen) atoms. The van der Waals surface area contributed by atoms with E-state index < -0.39 is 0 Å². The van der Waals surface area contributed by atoms with Crippen molar-refractivity contribution in [3.63, 3.8) is 0 Å². The number of ether oxygens (including phenoxy) is 1. The summed E-state index contributed by atoms with van der Waals surface area (Å²) in [5, 5.41) is 2.66. The van der Waals surface area contributed by atoms with Crippen LogP contribution >= 0.6 is 11.8 Å². The molecule has 1 N–H and O–H groups in total. The normalized spacial score (nSPS) is 15.9. The molecule has 1 atom stereocenters. The first-order valence-corrected chi connectivity index (χ1v) is 10.3. The maximum Gasteiger partial charge on any atom is 0.255 e. The second-order valence-electron chi connectivity index (χ2n) is 6.71. The molecule has 2 amide bonds. The van der Waals surface area contributed by atoms with Crippen LogP contribution in [0.25, 0.3) is 0 Å². The van der Waals surface area contributed by atoms with E-state index in [0.29, 0.717) is 28.4 Å². The third-order valence-corrected chi connectivity index (χ3v) is 5.97. The van der Waals surface area contributed by atoms with E-state index in [1.807, 2.05) is 12.1 Å². The fourth-order valence-electron chi connectivity index (χ4n) is 3.25. The predicted molar refractivity (Wildman–Crippen MR) is 116 cm³/mol. The van der Waals surface area contributed by atoms with E-state index in [4.69, 9.17) is 4.74 Å². The smallest absolute Gasteiger partial charge is 0.255 e. The Hall–Kier alpha value is -3.32. The second kappa shape index (κ2) is 8.59. The molecule has 0 saturated carbocycles. The first-order chi connectivity index (χ1) is 14.5. The van der Waals surface area contributed by atoms with Crippen molar-refractivity contribution in [2.45, 2.75) is 5.37 Å². The highest BCUT2D eigenvalue weighted by molar-refractivity contribution is 8.00. The number of amides is 2. The zero-order valence-electron chi connectivity index (χ0n) is 16.2. The number of thioether (sulfide) groups is 1. The van der Waals surface area contributed by atoms with Crippen LogP contribution in [0, 0.1) is 5.82 Å². The lowest BCUT2D eigenvalue weighted by molar-refractivity contribution is -0.115. The molecule has 0 bridgehead atoms. The van der Waals surface area contributed by atoms with Gasteiger partial charge in [0.1, 0.15) is 16.9 Å². The van der Waals surface area contributed by atoms with Gasteiger partial charge in [0.05, 0.1) is 12.9 Å². The van der Waals surface area contributed by atoms with Gasteiger partial charge < -0.3 is 10.1 Å². The third kappa shape index (κ3) is 4.16. The number of nitrogens with one attached hydrogen (secondary N) is 1. The zero-order chi connectivity index (χ0) is 21.1. The Kier molecular flexibility index (Phi) is 5.72. The Morgan fingerprint density at radius 1 is 1.10 bits per heavy atom. The van der Waals surface area contributed by atoms with Gasteiger partial charge in [-0.1, -0.05) is 18.2 Å². The largest absolute Gasteiger partial charge is 0.497 e. The first-order valence-electron chi connectivity index (χ1n) is 9.30. The molecule has 1 unspecified atom stereocenters. The van der Waals surface area contributed by atoms with Crippen molar-refractivity contribution in [2.75, 3.05) is 23.1 Å². The van der Waals surface area contributed by atoms with Crippen LogP contribution in [-0.4, -0.2) is 24.7 Å². The Morgan fingerprint density at radius 2 is 1.83 bits per heavy atom. The van der Waals surface area contributed by atoms with Crippen molar-refractivity contribution >= 4 is 35.0 Å². The molecule has 152 valence electrons. The maximum atomic E-state index is 13.3. The number of carbonyl (C=O) groups is 2. The van der Waals surface area contributed by atoms with Crippen LogP contribution in [0.1, 0.15) is 21.3 Å². The number of nitrogens with zero attached hydrogens (tertiary/aromatic N) is 1. The minimum Gasteiger partial charge on any atom is -0.497 e. The monoisotopic (exact) mass is 422 g/mol. The van der Waals surface area contributed by atoms with E-state index >= 15 is 0 Å². The van der Waals surface area contributed by atoms with Crippen LogP contribution in [0.3, 0.4) is 0 Å². The summed E-state index contributed by atoms with van der Waals surface area (Å²) in [6.07, 6.45) is 0. The molecule has 3 aromatic carbocycles. The van der Waals surface area contributed by atoms with Gasteiger partial charge in [-0.15, -0.1) is 11.8 Å². The number of rotatable bonds is 5. The fraction of sp³-hybridized carbons (Fsp3) is 0.130. The van der Waals surface area contributed by atoms with Gasteiger partial charge in [0.25, 0.3) is 5.91 Å². The van der Waals surface area contributed by atoms with Gasteiger partial charge in [0.15, 0.2) is 0 Å². The van der Waals surface area contributed by atoms with Crippen molar-refractivity contribution in [1.82, 2.24) is 0 Å². The molecule has 0 aromatic heterocycles. The number of benzene rings is 3. The molecular formula is C23H19FN2O3S. The van der Waals surface area contributed by atoms with E-state index in [0.717, 1.165) is 5.56 Å². The molecule has 5 nitrogen and oxygen atoms in total. The van der Waals surface area contributed by atoms with Crippen LogP contribution in [0.5, 0.6) is 5.75 Å². The second-order valence-corrected chi connectivity index (χ2v) is 7.78. The molecule has 1 saturated heterocycles. The number of carbonyl (C=O) groups excluding carboxylic acids is 2. The highest BCUT2D eigenvalue weighted by Gasteiger charge is 2.34. The van der Waals surface area contributed by atoms with E-state index in [1.165, 1.54) is 23.9 Å². The standard InChI is InChI=1S/C23H19FN2O3S/c1-29-20-4-2-3-16(13-20)22(28)25-18-9-5-15(6-10-18)23-26(21(27)14-30-23)19-11-7-17(24)8-12-19/h2-13,23H,14H2,1H3,(H,25,28). The summed E-state index contributed by atoms with van der Waals surface area (Å²) in [5.74, 6) is 0.371. The summed E-state index contributed by atoms with van der Waals surface area (Å²) in [7, 11) is 1.55. The zero-order valence-corrected chi connectivity index (χ0v) is 17.0. The van der Waals surface area contributed by atoms with E-state index in [9.17, 15) is 14.0 Å². The lowest BCUT2D eigenvalue weighted by atomic mass is 10.1. The van der Waals surface area contributed by atoms with Crippen LogP contribution < -0.4 is 15.0 Å². The Labute approximate surface area is 177 Å². The number of methoxy groups -OCH3 is 1. The minimum absolute atomic E-state index is 0.0213. The first kappa shape index (κ1) is 20.0. The molecule has 4 rings (SSSR count). The highest BCUT2D eigenvalue weighted by Crippen LogP contribution is 2.41. The lowest BCUT2D eigenvalue weighted by Crippen LogP contribution is -2.27. The van der Waals surface area contributed by atoms with Crippen LogP contribution in [0.15, 0.2) is 72.8 Å². The SMILES string of the molecule is COc1cccc(C(=O)Nc2ccc(C3SCC(=O)N3c3ccc(F)cc3)cc2)c1. The van der Waals surface area contributed by atoms with E-state index in [-0.39, 0.29) is 23.0 Å². The predicted octanol–water partition coefficient (Wildman–Crippen LogP) is 4.87. The minimum atomic E-state index is -0.342. The van der Waals surface area contributed by atoms with E-state index in [2.05, 4.69) is 5.32 Å². The summed E-state index contributed by atoms with van der Waals surface area (Å²) in [4.78, 5) is 26.6. The lowest BCUT2D eigenvalue weighted by Gasteiger charge is -2.24. The topological polar surface area (TPSA) is 58.6 Å². The van der Waals surface area contributed by atoms with Crippen molar-refractivity contribution in [3.05, 3.63) is 89.7 Å². The van der Waals surface area contributed by atoms with Crippen molar-refractivity contribution < 1.29 is 18.7 Å². The summed E-state index contributed by atoms with van der Waals surface area (Å²) in [6, 6.07) is 20.2. The van der Waals surface area contributed by atoms with Gasteiger partial charge in [-0.2, -0.15) is 0 Å². The van der Waals surface area contributed by atoms with Gasteiger partial charge in [0.2, 0.25) is 5.91 Å². The number of halogens is 1. The Balaban J connectivity index is 1.50. The summed E-state index contributed by atoms with van der Waals surface area (Å²) in [5.41, 5.74) is 2.73. The molecule has 7 heteroatoms. The average Bonchev–Trinajstić information content (AvgIpc) is 3.16. The molecule has 1 aliphatic heterocycles. The summed E-state index contributed by atoms with van der Waals surface area (Å²) < 4.78 is 18.4. The fourth-order valence-corrected chi connectivity index (χ4v) is 4.43. The van der Waals surface area contributed by atoms with Gasteiger partial charge in [-0.05, 0) is 60.2 Å². The van der Waals surface area contributed by atoms with Crippen molar-refractivity contribution in [2.24, 2.45) is 0 Å². The highest BCUT2D eigenvalue weighted by atomic mass is 32.2. The quantitative estimate of drug-likeness (QED) is 0.638. The summed E-state index contributed by atoms with van der Waals surface area (Å²) >= 11 is 1.51. The Morgan fingerprint density at radius 3 is 2.53 bits per heavy atom. The van der Waals surface area contributed by atoms with Gasteiger partial charge in [0, 0.05) is 16.9 Å². The van der Waals surface area contributed by atoms with Gasteiger partial charge in [-0.3, -0.25) is 14.5 Å². The summed E-state index contributed by atoms with van der Waals surface area (Å²) in [6.45, 7) is 0. The molecule has 0 aliphatic carbocycles. The number of hydrogen-bond donors (Lipinski definition) is 1. The average molecular weight is 422 g/mol. The maximum absolute atomic E-state index is 13.3. The number of anilines is 2. The number of hydrogen-bond acceptors (Lipinski definition) is 4. The van der Waals surface area contributed by atoms with Gasteiger partial charge in [-0.25, -0.2) is 4.39 Å². The molecule has 1 heterocycles. The molecule has 0 radical (unpaired) electrons. The van der Waals surface area contributed by atoms with Crippen molar-refractivity contribution in [3.8, 4) is 5.75 Å². The van der Waals surface area contributed by atoms with Gasteiger partial charge >= 0.3 is 0 Å². The molecule has 3 aromatic rings.